The van der Waals surface area contributed by atoms with Crippen molar-refractivity contribution in [2.75, 3.05) is 0 Å². The van der Waals surface area contributed by atoms with Crippen LogP contribution in [-0.4, -0.2) is 21.0 Å². The van der Waals surface area contributed by atoms with Crippen molar-refractivity contribution in [2.45, 2.75) is 17.7 Å². The van der Waals surface area contributed by atoms with Crippen LogP contribution >= 0.6 is 23.1 Å². The second-order valence-electron chi connectivity index (χ2n) is 4.48. The first-order chi connectivity index (χ1) is 10.1. The second kappa shape index (κ2) is 5.83. The van der Waals surface area contributed by atoms with Crippen molar-refractivity contribution < 1.29 is 9.90 Å². The number of carbonyl (C=O) groups is 1. The molecule has 0 saturated heterocycles. The van der Waals surface area contributed by atoms with E-state index in [0.29, 0.717) is 10.6 Å². The first kappa shape index (κ1) is 14.0. The summed E-state index contributed by atoms with van der Waals surface area (Å²) in [6.45, 7) is 1.95. The van der Waals surface area contributed by atoms with Crippen molar-refractivity contribution in [2.24, 2.45) is 0 Å². The van der Waals surface area contributed by atoms with Gasteiger partial charge in [-0.1, -0.05) is 18.2 Å². The van der Waals surface area contributed by atoms with Crippen LogP contribution < -0.4 is 0 Å². The first-order valence-corrected chi connectivity index (χ1v) is 8.10. The number of aromatic nitrogens is 2. The number of rotatable bonds is 4. The predicted molar refractivity (Wildman–Crippen MR) is 85.1 cm³/mol. The van der Waals surface area contributed by atoms with Crippen molar-refractivity contribution in [3.63, 3.8) is 0 Å². The Kier molecular flexibility index (Phi) is 3.90. The van der Waals surface area contributed by atoms with Crippen molar-refractivity contribution in [3.8, 4) is 0 Å². The fourth-order valence-corrected chi connectivity index (χ4v) is 4.02. The zero-order valence-corrected chi connectivity index (χ0v) is 12.9. The van der Waals surface area contributed by atoms with E-state index in [-0.39, 0.29) is 0 Å². The quantitative estimate of drug-likeness (QED) is 0.582. The van der Waals surface area contributed by atoms with Crippen LogP contribution in [0.5, 0.6) is 0 Å². The highest BCUT2D eigenvalue weighted by Gasteiger charge is 2.12. The van der Waals surface area contributed by atoms with E-state index < -0.39 is 5.97 Å². The largest absolute Gasteiger partial charge is 0.477 e. The van der Waals surface area contributed by atoms with Gasteiger partial charge < -0.3 is 5.11 Å². The molecule has 0 amide bonds. The van der Waals surface area contributed by atoms with Gasteiger partial charge in [-0.05, 0) is 24.6 Å². The number of carboxylic acid groups (broad SMARTS) is 1. The minimum atomic E-state index is -0.869. The van der Waals surface area contributed by atoms with Gasteiger partial charge in [0.15, 0.2) is 0 Å². The molecule has 106 valence electrons. The molecule has 3 rings (SSSR count). The molecule has 0 saturated carbocycles. The van der Waals surface area contributed by atoms with Crippen LogP contribution in [0, 0.1) is 6.92 Å². The smallest absolute Gasteiger partial charge is 0.345 e. The molecule has 4 nitrogen and oxygen atoms in total. The molecule has 3 aromatic rings. The lowest BCUT2D eigenvalue weighted by molar-refractivity contribution is 0.0702. The normalized spacial score (nSPS) is 10.9. The molecule has 0 unspecified atom stereocenters. The maximum Gasteiger partial charge on any atom is 0.345 e. The molecule has 21 heavy (non-hydrogen) atoms. The molecule has 0 aliphatic carbocycles. The maximum absolute atomic E-state index is 11.0. The number of fused-ring (bicyclic) bond motifs is 1. The summed E-state index contributed by atoms with van der Waals surface area (Å²) in [4.78, 5) is 21.0. The maximum atomic E-state index is 11.0. The summed E-state index contributed by atoms with van der Waals surface area (Å²) in [5, 5.41) is 11.0. The van der Waals surface area contributed by atoms with E-state index in [0.717, 1.165) is 26.4 Å². The molecule has 0 aliphatic rings. The van der Waals surface area contributed by atoms with Gasteiger partial charge in [0.2, 0.25) is 0 Å². The predicted octanol–water partition coefficient (Wildman–Crippen LogP) is 3.99. The van der Waals surface area contributed by atoms with Gasteiger partial charge in [0.25, 0.3) is 0 Å². The number of hydrogen-bond donors (Lipinski definition) is 1. The van der Waals surface area contributed by atoms with Crippen molar-refractivity contribution in [3.05, 3.63) is 52.0 Å². The molecule has 2 aromatic heterocycles. The Balaban J connectivity index is 1.85. The van der Waals surface area contributed by atoms with Crippen LogP contribution in [0.2, 0.25) is 0 Å². The lowest BCUT2D eigenvalue weighted by atomic mass is 10.2. The lowest BCUT2D eigenvalue weighted by Crippen LogP contribution is -1.90. The fraction of sp³-hybridized carbons (Fsp3) is 0.133. The highest BCUT2D eigenvalue weighted by atomic mass is 32.2. The van der Waals surface area contributed by atoms with E-state index in [1.165, 1.54) is 11.3 Å². The molecule has 0 atom stereocenters. The zero-order chi connectivity index (χ0) is 14.8. The lowest BCUT2D eigenvalue weighted by Gasteiger charge is -2.04. The van der Waals surface area contributed by atoms with E-state index in [1.807, 2.05) is 31.2 Å². The van der Waals surface area contributed by atoms with E-state index >= 15 is 0 Å². The van der Waals surface area contributed by atoms with Crippen molar-refractivity contribution in [1.29, 1.82) is 0 Å². The summed E-state index contributed by atoms with van der Waals surface area (Å²) in [5.74, 6) is -0.164. The van der Waals surface area contributed by atoms with Gasteiger partial charge in [0.1, 0.15) is 16.2 Å². The molecule has 0 aliphatic heterocycles. The van der Waals surface area contributed by atoms with Gasteiger partial charge in [-0.3, -0.25) is 0 Å². The van der Waals surface area contributed by atoms with E-state index in [4.69, 9.17) is 5.11 Å². The minimum absolute atomic E-state index is 0.385. The second-order valence-corrected chi connectivity index (χ2v) is 6.70. The Morgan fingerprint density at radius 2 is 2.14 bits per heavy atom. The molecule has 1 N–H and O–H groups in total. The van der Waals surface area contributed by atoms with Crippen LogP contribution in [0.3, 0.4) is 0 Å². The van der Waals surface area contributed by atoms with Gasteiger partial charge in [0.05, 0.1) is 5.52 Å². The topological polar surface area (TPSA) is 63.1 Å². The molecule has 0 bridgehead atoms. The Morgan fingerprint density at radius 3 is 2.90 bits per heavy atom. The van der Waals surface area contributed by atoms with Crippen LogP contribution in [0.25, 0.3) is 10.9 Å². The number of aromatic carboxylic acids is 1. The number of thioether (sulfide) groups is 1. The van der Waals surface area contributed by atoms with Gasteiger partial charge >= 0.3 is 5.97 Å². The molecule has 0 fully saturated rings. The Labute approximate surface area is 129 Å². The molecule has 0 spiro atoms. The van der Waals surface area contributed by atoms with Crippen LogP contribution in [0.15, 0.2) is 41.7 Å². The monoisotopic (exact) mass is 316 g/mol. The Bertz CT molecular complexity index is 809. The number of aryl methyl sites for hydroxylation is 1. The number of carboxylic acids is 1. The molecule has 0 radical (unpaired) electrons. The molecular weight excluding hydrogens is 304 g/mol. The summed E-state index contributed by atoms with van der Waals surface area (Å²) in [7, 11) is 0. The fourth-order valence-electron chi connectivity index (χ4n) is 2.01. The average Bonchev–Trinajstić information content (AvgIpc) is 2.86. The molecule has 6 heteroatoms. The summed E-state index contributed by atoms with van der Waals surface area (Å²) in [6.07, 6.45) is 1.56. The Hall–Kier alpha value is -1.92. The summed E-state index contributed by atoms with van der Waals surface area (Å²) in [5.41, 5.74) is 1.97. The average molecular weight is 316 g/mol. The van der Waals surface area contributed by atoms with Crippen LogP contribution in [-0.2, 0) is 5.75 Å². The van der Waals surface area contributed by atoms with Gasteiger partial charge in [-0.15, -0.1) is 23.1 Å². The molecule has 1 aromatic carbocycles. The van der Waals surface area contributed by atoms with Crippen molar-refractivity contribution in [1.82, 2.24) is 9.97 Å². The third-order valence-electron chi connectivity index (χ3n) is 3.10. The standard InChI is InChI=1S/C15H12N2O2S2/c1-9-10(6-13(21-9)15(18)19)7-20-14-11-4-2-3-5-12(11)16-8-17-14/h2-6,8H,7H2,1H3,(H,18,19). The SMILES string of the molecule is Cc1sc(C(=O)O)cc1CSc1ncnc2ccccc12. The number of nitrogens with zero attached hydrogens (tertiary/aromatic N) is 2. The number of thiophene rings is 1. The summed E-state index contributed by atoms with van der Waals surface area (Å²) >= 11 is 2.92. The van der Waals surface area contributed by atoms with Gasteiger partial charge in [-0.25, -0.2) is 14.8 Å². The Morgan fingerprint density at radius 1 is 1.33 bits per heavy atom. The number of para-hydroxylation sites is 1. The first-order valence-electron chi connectivity index (χ1n) is 6.30. The van der Waals surface area contributed by atoms with E-state index in [9.17, 15) is 4.79 Å². The minimum Gasteiger partial charge on any atom is -0.477 e. The highest BCUT2D eigenvalue weighted by Crippen LogP contribution is 2.31. The highest BCUT2D eigenvalue weighted by molar-refractivity contribution is 7.98. The van der Waals surface area contributed by atoms with E-state index in [2.05, 4.69) is 9.97 Å². The third kappa shape index (κ3) is 2.91. The number of benzene rings is 1. The van der Waals surface area contributed by atoms with Gasteiger partial charge in [0, 0.05) is 16.0 Å². The van der Waals surface area contributed by atoms with Gasteiger partial charge in [-0.2, -0.15) is 0 Å². The molecular formula is C15H12N2O2S2. The zero-order valence-electron chi connectivity index (χ0n) is 11.2. The van der Waals surface area contributed by atoms with Crippen molar-refractivity contribution >= 4 is 40.0 Å². The van der Waals surface area contributed by atoms with Crippen LogP contribution in [0.1, 0.15) is 20.1 Å². The van der Waals surface area contributed by atoms with E-state index in [1.54, 1.807) is 24.2 Å². The van der Waals surface area contributed by atoms with Crippen LogP contribution in [0.4, 0.5) is 0 Å². The molecule has 2 heterocycles. The number of hydrogen-bond acceptors (Lipinski definition) is 5. The summed E-state index contributed by atoms with van der Waals surface area (Å²) in [6, 6.07) is 9.62. The summed E-state index contributed by atoms with van der Waals surface area (Å²) < 4.78 is 0. The third-order valence-corrected chi connectivity index (χ3v) is 5.24.